The number of nitrogens with zero attached hydrogens (tertiary/aromatic N) is 1. The van der Waals surface area contributed by atoms with Crippen molar-refractivity contribution in [3.8, 4) is 6.07 Å². The van der Waals surface area contributed by atoms with Gasteiger partial charge in [0.2, 0.25) is 0 Å². The molecule has 2 rings (SSSR count). The lowest BCUT2D eigenvalue weighted by molar-refractivity contribution is 0.613. The third-order valence-corrected chi connectivity index (χ3v) is 4.40. The molecular formula is C13H14FNS. The van der Waals surface area contributed by atoms with Gasteiger partial charge in [-0.1, -0.05) is 25.0 Å². The van der Waals surface area contributed by atoms with Crippen molar-refractivity contribution in [1.82, 2.24) is 0 Å². The summed E-state index contributed by atoms with van der Waals surface area (Å²) in [6.07, 6.45) is 5.12. The van der Waals surface area contributed by atoms with Crippen LogP contribution in [0.25, 0.3) is 0 Å². The first-order valence-electron chi connectivity index (χ1n) is 5.60. The van der Waals surface area contributed by atoms with Crippen LogP contribution in [0.3, 0.4) is 0 Å². The lowest BCUT2D eigenvalue weighted by Gasteiger charge is -2.09. The topological polar surface area (TPSA) is 23.8 Å². The summed E-state index contributed by atoms with van der Waals surface area (Å²) < 4.78 is 13.7. The highest BCUT2D eigenvalue weighted by atomic mass is 32.2. The van der Waals surface area contributed by atoms with Gasteiger partial charge in [0.1, 0.15) is 11.9 Å². The molecule has 0 radical (unpaired) electrons. The normalized spacial score (nSPS) is 16.2. The third kappa shape index (κ3) is 2.56. The Morgan fingerprint density at radius 1 is 1.38 bits per heavy atom. The molecule has 0 spiro atoms. The van der Waals surface area contributed by atoms with Gasteiger partial charge in [-0.2, -0.15) is 17.0 Å². The Balaban J connectivity index is 2.01. The molecule has 0 amide bonds. The molecule has 0 heterocycles. The van der Waals surface area contributed by atoms with E-state index in [0.717, 1.165) is 0 Å². The molecule has 1 aromatic carbocycles. The van der Waals surface area contributed by atoms with E-state index >= 15 is 0 Å². The van der Waals surface area contributed by atoms with Gasteiger partial charge >= 0.3 is 0 Å². The zero-order valence-corrected chi connectivity index (χ0v) is 9.89. The minimum Gasteiger partial charge on any atom is -0.205 e. The van der Waals surface area contributed by atoms with Crippen molar-refractivity contribution in [2.45, 2.75) is 36.7 Å². The highest BCUT2D eigenvalue weighted by Gasteiger charge is 2.16. The van der Waals surface area contributed by atoms with E-state index in [4.69, 9.17) is 5.26 Å². The molecule has 0 atom stereocenters. The van der Waals surface area contributed by atoms with Crippen LogP contribution >= 0.6 is 11.8 Å². The largest absolute Gasteiger partial charge is 0.205 e. The maximum Gasteiger partial charge on any atom is 0.144 e. The molecule has 1 aliphatic carbocycles. The summed E-state index contributed by atoms with van der Waals surface area (Å²) in [5.41, 5.74) is 0.820. The fraction of sp³-hybridized carbons (Fsp3) is 0.462. The summed E-state index contributed by atoms with van der Waals surface area (Å²) in [4.78, 5) is 0. The summed E-state index contributed by atoms with van der Waals surface area (Å²) in [6.45, 7) is 0. The minimum atomic E-state index is -0.338. The average molecular weight is 235 g/mol. The quantitative estimate of drug-likeness (QED) is 0.794. The molecule has 3 heteroatoms. The van der Waals surface area contributed by atoms with E-state index in [0.29, 0.717) is 16.6 Å². The van der Waals surface area contributed by atoms with Gasteiger partial charge in [-0.3, -0.25) is 0 Å². The van der Waals surface area contributed by atoms with Crippen molar-refractivity contribution in [3.05, 3.63) is 35.1 Å². The first kappa shape index (κ1) is 11.5. The summed E-state index contributed by atoms with van der Waals surface area (Å²) in [5, 5.41) is 9.41. The number of nitriles is 1. The van der Waals surface area contributed by atoms with Crippen LogP contribution in [0.4, 0.5) is 4.39 Å². The summed E-state index contributed by atoms with van der Waals surface area (Å²) in [6, 6.07) is 6.94. The van der Waals surface area contributed by atoms with Crippen molar-refractivity contribution >= 4 is 11.8 Å². The number of rotatable bonds is 3. The van der Waals surface area contributed by atoms with Crippen LogP contribution in [0.5, 0.6) is 0 Å². The first-order chi connectivity index (χ1) is 7.81. The molecule has 1 aromatic rings. The van der Waals surface area contributed by atoms with Gasteiger partial charge in [0.25, 0.3) is 0 Å². The molecular weight excluding hydrogens is 221 g/mol. The fourth-order valence-corrected chi connectivity index (χ4v) is 3.35. The van der Waals surface area contributed by atoms with E-state index in [9.17, 15) is 4.39 Å². The average Bonchev–Trinajstić information content (AvgIpc) is 2.81. The Hall–Kier alpha value is -1.01. The Bertz CT molecular complexity index is 405. The fourth-order valence-electron chi connectivity index (χ4n) is 2.04. The van der Waals surface area contributed by atoms with Crippen molar-refractivity contribution in [2.24, 2.45) is 0 Å². The van der Waals surface area contributed by atoms with E-state index in [-0.39, 0.29) is 11.4 Å². The molecule has 16 heavy (non-hydrogen) atoms. The number of benzene rings is 1. The van der Waals surface area contributed by atoms with Gasteiger partial charge in [-0.15, -0.1) is 0 Å². The molecule has 0 aromatic heterocycles. The standard InChI is InChI=1S/C13H14FNS/c14-13-10(8-15)4-3-5-11(13)9-16-12-6-1-2-7-12/h3-5,12H,1-2,6-7,9H2. The molecule has 1 nitrogen and oxygen atoms in total. The zero-order valence-electron chi connectivity index (χ0n) is 9.08. The maximum absolute atomic E-state index is 13.7. The highest BCUT2D eigenvalue weighted by Crippen LogP contribution is 2.32. The second kappa shape index (κ2) is 5.36. The van der Waals surface area contributed by atoms with Gasteiger partial charge in [-0.05, 0) is 24.5 Å². The van der Waals surface area contributed by atoms with Gasteiger partial charge < -0.3 is 0 Å². The van der Waals surface area contributed by atoms with Gasteiger partial charge in [-0.25, -0.2) is 4.39 Å². The predicted octanol–water partition coefficient (Wildman–Crippen LogP) is 3.87. The third-order valence-electron chi connectivity index (χ3n) is 2.98. The SMILES string of the molecule is N#Cc1cccc(CSC2CCCC2)c1F. The van der Waals surface area contributed by atoms with E-state index in [1.807, 2.05) is 17.8 Å². The van der Waals surface area contributed by atoms with E-state index in [2.05, 4.69) is 0 Å². The number of hydrogen-bond donors (Lipinski definition) is 0. The Morgan fingerprint density at radius 2 is 2.12 bits per heavy atom. The second-order valence-electron chi connectivity index (χ2n) is 4.11. The number of thioether (sulfide) groups is 1. The van der Waals surface area contributed by atoms with Crippen molar-refractivity contribution in [1.29, 1.82) is 5.26 Å². The Kier molecular flexibility index (Phi) is 3.84. The van der Waals surface area contributed by atoms with Crippen LogP contribution < -0.4 is 0 Å². The molecule has 0 bridgehead atoms. The van der Waals surface area contributed by atoms with E-state index in [1.165, 1.54) is 31.7 Å². The monoisotopic (exact) mass is 235 g/mol. The Labute approximate surface area is 99.7 Å². The van der Waals surface area contributed by atoms with E-state index < -0.39 is 0 Å². The molecule has 0 N–H and O–H groups in total. The maximum atomic E-state index is 13.7. The van der Waals surface area contributed by atoms with Crippen LogP contribution in [0.1, 0.15) is 36.8 Å². The molecule has 84 valence electrons. The van der Waals surface area contributed by atoms with Crippen LogP contribution in [0, 0.1) is 17.1 Å². The van der Waals surface area contributed by atoms with Crippen LogP contribution in [0.2, 0.25) is 0 Å². The highest BCUT2D eigenvalue weighted by molar-refractivity contribution is 7.99. The van der Waals surface area contributed by atoms with Gasteiger partial charge in [0, 0.05) is 11.0 Å². The summed E-state index contributed by atoms with van der Waals surface area (Å²) in [5.74, 6) is 0.349. The van der Waals surface area contributed by atoms with Crippen LogP contribution in [-0.2, 0) is 5.75 Å². The van der Waals surface area contributed by atoms with Gasteiger partial charge in [0.15, 0.2) is 0 Å². The summed E-state index contributed by atoms with van der Waals surface area (Å²) in [7, 11) is 0. The van der Waals surface area contributed by atoms with Crippen LogP contribution in [0.15, 0.2) is 18.2 Å². The molecule has 0 unspecified atom stereocenters. The zero-order chi connectivity index (χ0) is 11.4. The van der Waals surface area contributed by atoms with Crippen molar-refractivity contribution in [3.63, 3.8) is 0 Å². The molecule has 1 aliphatic rings. The summed E-state index contributed by atoms with van der Waals surface area (Å²) >= 11 is 1.82. The number of halogens is 1. The number of hydrogen-bond acceptors (Lipinski definition) is 2. The molecule has 1 fully saturated rings. The molecule has 0 saturated heterocycles. The van der Waals surface area contributed by atoms with Crippen LogP contribution in [-0.4, -0.2) is 5.25 Å². The van der Waals surface area contributed by atoms with Gasteiger partial charge in [0.05, 0.1) is 5.56 Å². The predicted molar refractivity (Wildman–Crippen MR) is 64.7 cm³/mol. The first-order valence-corrected chi connectivity index (χ1v) is 6.65. The molecule has 0 aliphatic heterocycles. The lowest BCUT2D eigenvalue weighted by Crippen LogP contribution is -1.97. The van der Waals surface area contributed by atoms with Crippen molar-refractivity contribution < 1.29 is 4.39 Å². The Morgan fingerprint density at radius 3 is 2.81 bits per heavy atom. The smallest absolute Gasteiger partial charge is 0.144 e. The lowest BCUT2D eigenvalue weighted by atomic mass is 10.1. The minimum absolute atomic E-state index is 0.157. The van der Waals surface area contributed by atoms with Crippen molar-refractivity contribution in [2.75, 3.05) is 0 Å². The second-order valence-corrected chi connectivity index (χ2v) is 5.40. The molecule has 1 saturated carbocycles. The van der Waals surface area contributed by atoms with E-state index in [1.54, 1.807) is 12.1 Å².